The predicted octanol–water partition coefficient (Wildman–Crippen LogP) is 1.28. The molecule has 0 amide bonds. The van der Waals surface area contributed by atoms with Gasteiger partial charge in [0.1, 0.15) is 0 Å². The first-order chi connectivity index (χ1) is 9.85. The first kappa shape index (κ1) is 15.9. The smallest absolute Gasteiger partial charge is 0.289 e. The summed E-state index contributed by atoms with van der Waals surface area (Å²) in [6.07, 6.45) is 1.41. The van der Waals surface area contributed by atoms with Crippen molar-refractivity contribution < 1.29 is 13.3 Å². The Labute approximate surface area is 124 Å². The summed E-state index contributed by atoms with van der Waals surface area (Å²) in [5.41, 5.74) is 0.0285. The molecule has 0 bridgehead atoms. The largest absolute Gasteiger partial charge is 0.317 e. The number of sulfonamides is 1. The maximum Gasteiger partial charge on any atom is 0.289 e. The normalized spacial score (nSPS) is 17.1. The quantitative estimate of drug-likeness (QED) is 0.667. The molecule has 1 N–H and O–H groups in total. The van der Waals surface area contributed by atoms with Crippen molar-refractivity contribution in [3.63, 3.8) is 0 Å². The molecule has 0 aromatic heterocycles. The van der Waals surface area contributed by atoms with Gasteiger partial charge < -0.3 is 5.32 Å². The Hall–Kier alpha value is -1.51. The van der Waals surface area contributed by atoms with E-state index in [1.165, 1.54) is 23.5 Å². The molecule has 0 radical (unpaired) electrons. The van der Waals surface area contributed by atoms with Gasteiger partial charge in [0.05, 0.1) is 4.92 Å². The molecule has 21 heavy (non-hydrogen) atoms. The highest BCUT2D eigenvalue weighted by atomic mass is 32.2. The maximum atomic E-state index is 12.8. The molecule has 8 heteroatoms. The highest BCUT2D eigenvalue weighted by Gasteiger charge is 2.35. The van der Waals surface area contributed by atoms with Gasteiger partial charge in [0, 0.05) is 19.2 Å². The Morgan fingerprint density at radius 1 is 1.33 bits per heavy atom. The monoisotopic (exact) mass is 313 g/mol. The van der Waals surface area contributed by atoms with Crippen LogP contribution in [0.1, 0.15) is 18.4 Å². The molecule has 0 aliphatic carbocycles. The van der Waals surface area contributed by atoms with Gasteiger partial charge in [0.2, 0.25) is 10.0 Å². The molecule has 1 fully saturated rings. The Balaban J connectivity index is 2.46. The minimum absolute atomic E-state index is 0.129. The van der Waals surface area contributed by atoms with E-state index in [-0.39, 0.29) is 16.6 Å². The number of benzene rings is 1. The fourth-order valence-electron chi connectivity index (χ4n) is 2.63. The summed E-state index contributed by atoms with van der Waals surface area (Å²) < 4.78 is 26.8. The van der Waals surface area contributed by atoms with Crippen LogP contribution >= 0.6 is 0 Å². The molecule has 1 aromatic rings. The third-order valence-corrected chi connectivity index (χ3v) is 5.95. The van der Waals surface area contributed by atoms with Crippen LogP contribution in [0.5, 0.6) is 0 Å². The summed E-state index contributed by atoms with van der Waals surface area (Å²) in [6, 6.07) is 4.18. The van der Waals surface area contributed by atoms with E-state index in [1.54, 1.807) is 13.0 Å². The lowest BCUT2D eigenvalue weighted by atomic mass is 10.1. The highest BCUT2D eigenvalue weighted by Crippen LogP contribution is 2.31. The number of rotatable bonds is 4. The molecule has 0 spiro atoms. The Kier molecular flexibility index (Phi) is 4.60. The van der Waals surface area contributed by atoms with E-state index >= 15 is 0 Å². The van der Waals surface area contributed by atoms with E-state index in [9.17, 15) is 18.5 Å². The third kappa shape index (κ3) is 3.07. The van der Waals surface area contributed by atoms with E-state index in [4.69, 9.17) is 0 Å². The predicted molar refractivity (Wildman–Crippen MR) is 78.7 cm³/mol. The van der Waals surface area contributed by atoms with Gasteiger partial charge in [-0.15, -0.1) is 0 Å². The second-order valence-corrected chi connectivity index (χ2v) is 7.12. The Morgan fingerprint density at radius 3 is 2.52 bits per heavy atom. The first-order valence-corrected chi connectivity index (χ1v) is 8.22. The maximum absolute atomic E-state index is 12.8. The zero-order valence-corrected chi connectivity index (χ0v) is 12.9. The average molecular weight is 313 g/mol. The lowest BCUT2D eigenvalue weighted by Crippen LogP contribution is -2.44. The number of hydrogen-bond donors (Lipinski definition) is 1. The van der Waals surface area contributed by atoms with E-state index in [2.05, 4.69) is 5.32 Å². The van der Waals surface area contributed by atoms with Crippen molar-refractivity contribution in [2.24, 2.45) is 0 Å². The van der Waals surface area contributed by atoms with Crippen molar-refractivity contribution in [2.45, 2.75) is 30.7 Å². The van der Waals surface area contributed by atoms with E-state index in [0.29, 0.717) is 18.4 Å². The van der Waals surface area contributed by atoms with Gasteiger partial charge in [0.25, 0.3) is 5.69 Å². The highest BCUT2D eigenvalue weighted by molar-refractivity contribution is 7.89. The van der Waals surface area contributed by atoms with E-state index in [1.807, 2.05) is 0 Å². The summed E-state index contributed by atoms with van der Waals surface area (Å²) in [4.78, 5) is 10.3. The van der Waals surface area contributed by atoms with Crippen LogP contribution in [0.2, 0.25) is 0 Å². The molecule has 0 atom stereocenters. The lowest BCUT2D eigenvalue weighted by molar-refractivity contribution is -0.387. The zero-order valence-electron chi connectivity index (χ0n) is 12.1. The van der Waals surface area contributed by atoms with Gasteiger partial charge in [-0.1, -0.05) is 12.1 Å². The van der Waals surface area contributed by atoms with Crippen molar-refractivity contribution in [2.75, 3.05) is 20.1 Å². The second kappa shape index (κ2) is 6.08. The molecule has 1 aliphatic heterocycles. The fraction of sp³-hybridized carbons (Fsp3) is 0.538. The molecule has 1 aromatic carbocycles. The first-order valence-electron chi connectivity index (χ1n) is 6.78. The van der Waals surface area contributed by atoms with Gasteiger partial charge in [-0.3, -0.25) is 10.1 Å². The molecule has 116 valence electrons. The number of piperidine rings is 1. The van der Waals surface area contributed by atoms with Crippen LogP contribution in [-0.2, 0) is 10.0 Å². The molecule has 2 rings (SSSR count). The molecule has 7 nitrogen and oxygen atoms in total. The molecule has 0 saturated carbocycles. The molecule has 1 heterocycles. The number of aryl methyl sites for hydroxylation is 1. The van der Waals surface area contributed by atoms with Crippen LogP contribution < -0.4 is 5.32 Å². The Morgan fingerprint density at radius 2 is 1.95 bits per heavy atom. The summed E-state index contributed by atoms with van der Waals surface area (Å²) in [5, 5.41) is 14.3. The molecule has 1 aliphatic rings. The topological polar surface area (TPSA) is 92.5 Å². The van der Waals surface area contributed by atoms with Crippen LogP contribution in [0.3, 0.4) is 0 Å². The van der Waals surface area contributed by atoms with Crippen molar-refractivity contribution in [3.8, 4) is 0 Å². The summed E-state index contributed by atoms with van der Waals surface area (Å²) in [7, 11) is -2.38. The summed E-state index contributed by atoms with van der Waals surface area (Å²) in [6.45, 7) is 3.08. The minimum atomic E-state index is -3.88. The number of nitro groups is 1. The van der Waals surface area contributed by atoms with Crippen molar-refractivity contribution in [1.82, 2.24) is 9.62 Å². The van der Waals surface area contributed by atoms with Crippen LogP contribution in [0.25, 0.3) is 0 Å². The average Bonchev–Trinajstić information content (AvgIpc) is 2.46. The van der Waals surface area contributed by atoms with E-state index < -0.39 is 14.9 Å². The van der Waals surface area contributed by atoms with Crippen molar-refractivity contribution in [1.29, 1.82) is 0 Å². The van der Waals surface area contributed by atoms with Crippen molar-refractivity contribution in [3.05, 3.63) is 33.9 Å². The van der Waals surface area contributed by atoms with Crippen LogP contribution in [0.15, 0.2) is 23.1 Å². The molecule has 0 unspecified atom stereocenters. The number of nitrogens with zero attached hydrogens (tertiary/aromatic N) is 2. The van der Waals surface area contributed by atoms with Gasteiger partial charge in [-0.05, 0) is 38.4 Å². The second-order valence-electron chi connectivity index (χ2n) is 5.18. The minimum Gasteiger partial charge on any atom is -0.317 e. The summed E-state index contributed by atoms with van der Waals surface area (Å²) in [5.74, 6) is 0. The summed E-state index contributed by atoms with van der Waals surface area (Å²) >= 11 is 0. The SMILES string of the molecule is Cc1cccc([N+](=O)[O-])c1S(=O)(=O)N(C)C1CCNCC1. The van der Waals surface area contributed by atoms with Gasteiger partial charge >= 0.3 is 0 Å². The van der Waals surface area contributed by atoms with Crippen LogP contribution in [0.4, 0.5) is 5.69 Å². The molecular formula is C13H19N3O4S. The van der Waals surface area contributed by atoms with Crippen LogP contribution in [0, 0.1) is 17.0 Å². The van der Waals surface area contributed by atoms with E-state index in [0.717, 1.165) is 13.1 Å². The van der Waals surface area contributed by atoms with Gasteiger partial charge in [0.15, 0.2) is 4.90 Å². The number of nitro benzene ring substituents is 1. The van der Waals surface area contributed by atoms with Crippen LogP contribution in [-0.4, -0.2) is 43.8 Å². The number of hydrogen-bond acceptors (Lipinski definition) is 5. The Bertz CT molecular complexity index is 639. The fourth-order valence-corrected chi connectivity index (χ4v) is 4.40. The molecule has 1 saturated heterocycles. The zero-order chi connectivity index (χ0) is 15.6. The molecular weight excluding hydrogens is 294 g/mol. The number of nitrogens with one attached hydrogen (secondary N) is 1. The lowest BCUT2D eigenvalue weighted by Gasteiger charge is -2.31. The van der Waals surface area contributed by atoms with Gasteiger partial charge in [-0.25, -0.2) is 8.42 Å². The third-order valence-electron chi connectivity index (χ3n) is 3.85. The van der Waals surface area contributed by atoms with Gasteiger partial charge in [-0.2, -0.15) is 4.31 Å². The van der Waals surface area contributed by atoms with Crippen molar-refractivity contribution >= 4 is 15.7 Å². The standard InChI is InChI=1S/C13H19N3O4S/c1-10-4-3-5-12(16(17)18)13(10)21(19,20)15(2)11-6-8-14-9-7-11/h3-5,11,14H,6-9H2,1-2H3.